The summed E-state index contributed by atoms with van der Waals surface area (Å²) in [7, 11) is 1.33. The first-order chi connectivity index (χ1) is 13.7. The van der Waals surface area contributed by atoms with Gasteiger partial charge in [-0.15, -0.1) is 0 Å². The van der Waals surface area contributed by atoms with Crippen molar-refractivity contribution in [1.29, 1.82) is 0 Å². The highest BCUT2D eigenvalue weighted by Crippen LogP contribution is 2.42. The van der Waals surface area contributed by atoms with E-state index in [0.717, 1.165) is 22.3 Å². The second-order valence-corrected chi connectivity index (χ2v) is 6.75. The number of rotatable bonds is 4. The summed E-state index contributed by atoms with van der Waals surface area (Å²) in [5.74, 6) is -0.479. The van der Waals surface area contributed by atoms with Gasteiger partial charge in [0.25, 0.3) is 0 Å². The summed E-state index contributed by atoms with van der Waals surface area (Å²) in [5, 5.41) is 0. The Bertz CT molecular complexity index is 1010. The number of methoxy groups -OCH3 is 1. The van der Waals surface area contributed by atoms with E-state index in [2.05, 4.69) is 0 Å². The minimum atomic E-state index is -0.548. The van der Waals surface area contributed by atoms with Gasteiger partial charge >= 0.3 is 5.97 Å². The Morgan fingerprint density at radius 1 is 0.929 bits per heavy atom. The van der Waals surface area contributed by atoms with Gasteiger partial charge in [-0.05, 0) is 22.8 Å². The largest absolute Gasteiger partial charge is 0.492 e. The summed E-state index contributed by atoms with van der Waals surface area (Å²) in [6.07, 6.45) is 0.0125. The molecule has 0 spiro atoms. The fourth-order valence-corrected chi connectivity index (χ4v) is 3.62. The van der Waals surface area contributed by atoms with Crippen molar-refractivity contribution < 1.29 is 19.1 Å². The number of hydrogen-bond donors (Lipinski definition) is 0. The molecule has 0 unspecified atom stereocenters. The van der Waals surface area contributed by atoms with E-state index in [-0.39, 0.29) is 18.8 Å². The van der Waals surface area contributed by atoms with Gasteiger partial charge in [-0.2, -0.15) is 0 Å². The molecular weight excluding hydrogens is 352 g/mol. The van der Waals surface area contributed by atoms with Crippen LogP contribution in [0.3, 0.4) is 0 Å². The zero-order valence-electron chi connectivity index (χ0n) is 15.6. The molecule has 0 radical (unpaired) electrons. The monoisotopic (exact) mass is 372 g/mol. The molecular formula is C24H20O4. The van der Waals surface area contributed by atoms with E-state index < -0.39 is 11.9 Å². The molecule has 4 nitrogen and oxygen atoms in total. The van der Waals surface area contributed by atoms with Crippen LogP contribution in [0.4, 0.5) is 0 Å². The maximum atomic E-state index is 13.4. The maximum Gasteiger partial charge on any atom is 0.306 e. The van der Waals surface area contributed by atoms with Crippen LogP contribution in [0.5, 0.6) is 5.75 Å². The van der Waals surface area contributed by atoms with Crippen LogP contribution in [0.2, 0.25) is 0 Å². The SMILES string of the molecule is COC(=O)C[C@@H]1COc2ccc(-c3ccccc3)c(-c3ccccc3)c2C1=O. The topological polar surface area (TPSA) is 52.6 Å². The van der Waals surface area contributed by atoms with Gasteiger partial charge in [0.05, 0.1) is 31.6 Å². The van der Waals surface area contributed by atoms with E-state index in [0.29, 0.717) is 11.3 Å². The lowest BCUT2D eigenvalue weighted by Crippen LogP contribution is -2.30. The molecule has 1 aliphatic rings. The lowest BCUT2D eigenvalue weighted by atomic mass is 9.83. The number of hydrogen-bond acceptors (Lipinski definition) is 4. The molecule has 3 aromatic rings. The van der Waals surface area contributed by atoms with Gasteiger partial charge in [0.15, 0.2) is 5.78 Å². The molecule has 0 bridgehead atoms. The first kappa shape index (κ1) is 18.0. The highest BCUT2D eigenvalue weighted by Gasteiger charge is 2.34. The highest BCUT2D eigenvalue weighted by atomic mass is 16.5. The Morgan fingerprint density at radius 2 is 1.57 bits per heavy atom. The minimum absolute atomic E-state index is 0.0125. The third-order valence-electron chi connectivity index (χ3n) is 5.01. The third-order valence-corrected chi connectivity index (χ3v) is 5.01. The second kappa shape index (κ2) is 7.69. The first-order valence-electron chi connectivity index (χ1n) is 9.20. The second-order valence-electron chi connectivity index (χ2n) is 6.75. The number of carbonyl (C=O) groups excluding carboxylic acids is 2. The Hall–Kier alpha value is -3.40. The summed E-state index contributed by atoms with van der Waals surface area (Å²) >= 11 is 0. The molecule has 0 aliphatic carbocycles. The van der Waals surface area contributed by atoms with Gasteiger partial charge in [0.1, 0.15) is 5.75 Å². The number of benzene rings is 3. The molecule has 3 aromatic carbocycles. The summed E-state index contributed by atoms with van der Waals surface area (Å²) in [4.78, 5) is 25.1. The molecule has 0 amide bonds. The van der Waals surface area contributed by atoms with Gasteiger partial charge in [-0.25, -0.2) is 0 Å². The van der Waals surface area contributed by atoms with Gasteiger partial charge in [-0.1, -0.05) is 66.7 Å². The zero-order valence-corrected chi connectivity index (χ0v) is 15.6. The first-order valence-corrected chi connectivity index (χ1v) is 9.20. The van der Waals surface area contributed by atoms with Gasteiger partial charge < -0.3 is 9.47 Å². The minimum Gasteiger partial charge on any atom is -0.492 e. The molecule has 28 heavy (non-hydrogen) atoms. The third kappa shape index (κ3) is 3.29. The molecule has 1 atom stereocenters. The summed E-state index contributed by atoms with van der Waals surface area (Å²) in [5.41, 5.74) is 4.29. The van der Waals surface area contributed by atoms with E-state index in [9.17, 15) is 9.59 Å². The van der Waals surface area contributed by atoms with Crippen LogP contribution in [-0.2, 0) is 9.53 Å². The number of ketones is 1. The predicted molar refractivity (Wildman–Crippen MR) is 107 cm³/mol. The smallest absolute Gasteiger partial charge is 0.306 e. The Kier molecular flexibility index (Phi) is 4.94. The van der Waals surface area contributed by atoms with E-state index in [1.165, 1.54) is 7.11 Å². The number of Topliss-reactive ketones (excluding diaryl/α,β-unsaturated/α-hetero) is 1. The Labute approximate surface area is 163 Å². The van der Waals surface area contributed by atoms with Gasteiger partial charge in [-0.3, -0.25) is 9.59 Å². The number of esters is 1. The Balaban J connectivity index is 1.91. The molecule has 1 heterocycles. The fraction of sp³-hybridized carbons (Fsp3) is 0.167. The lowest BCUT2D eigenvalue weighted by Gasteiger charge is -2.27. The van der Waals surface area contributed by atoms with Crippen molar-refractivity contribution in [3.05, 3.63) is 78.4 Å². The predicted octanol–water partition coefficient (Wildman–Crippen LogP) is 4.78. The highest BCUT2D eigenvalue weighted by molar-refractivity contribution is 6.10. The molecule has 0 N–H and O–H groups in total. The molecule has 0 saturated carbocycles. The van der Waals surface area contributed by atoms with Gasteiger partial charge in [0, 0.05) is 5.56 Å². The van der Waals surface area contributed by atoms with E-state index >= 15 is 0 Å². The van der Waals surface area contributed by atoms with Crippen LogP contribution >= 0.6 is 0 Å². The van der Waals surface area contributed by atoms with Crippen molar-refractivity contribution in [3.63, 3.8) is 0 Å². The molecule has 0 fully saturated rings. The van der Waals surface area contributed by atoms with Crippen molar-refractivity contribution in [3.8, 4) is 28.0 Å². The van der Waals surface area contributed by atoms with Gasteiger partial charge in [0.2, 0.25) is 0 Å². The molecule has 0 saturated heterocycles. The Morgan fingerprint density at radius 3 is 2.21 bits per heavy atom. The van der Waals surface area contributed by atoms with E-state index in [1.807, 2.05) is 72.8 Å². The molecule has 0 aromatic heterocycles. The number of fused-ring (bicyclic) bond motifs is 1. The maximum absolute atomic E-state index is 13.4. The van der Waals surface area contributed by atoms with Crippen molar-refractivity contribution in [2.75, 3.05) is 13.7 Å². The van der Waals surface area contributed by atoms with Crippen molar-refractivity contribution >= 4 is 11.8 Å². The fourth-order valence-electron chi connectivity index (χ4n) is 3.62. The van der Waals surface area contributed by atoms with E-state index in [4.69, 9.17) is 9.47 Å². The van der Waals surface area contributed by atoms with Crippen LogP contribution in [0, 0.1) is 5.92 Å². The molecule has 4 heteroatoms. The average Bonchev–Trinajstić information content (AvgIpc) is 2.76. The molecule has 1 aliphatic heterocycles. The van der Waals surface area contributed by atoms with Crippen LogP contribution in [-0.4, -0.2) is 25.5 Å². The standard InChI is InChI=1S/C24H20O4/c1-27-21(25)14-18-15-28-20-13-12-19(16-8-4-2-5-9-16)22(23(20)24(18)26)17-10-6-3-7-11-17/h2-13,18H,14-15H2,1H3/t18-/m1/s1. The van der Waals surface area contributed by atoms with Crippen LogP contribution in [0.1, 0.15) is 16.8 Å². The summed E-state index contributed by atoms with van der Waals surface area (Å²) < 4.78 is 10.6. The molecule has 4 rings (SSSR count). The van der Waals surface area contributed by atoms with Crippen molar-refractivity contribution in [1.82, 2.24) is 0 Å². The zero-order chi connectivity index (χ0) is 19.5. The lowest BCUT2D eigenvalue weighted by molar-refractivity contribution is -0.141. The number of ether oxygens (including phenoxy) is 2. The van der Waals surface area contributed by atoms with Crippen molar-refractivity contribution in [2.24, 2.45) is 5.92 Å². The quantitative estimate of drug-likeness (QED) is 0.619. The number of carbonyl (C=O) groups is 2. The van der Waals surface area contributed by atoms with Crippen molar-refractivity contribution in [2.45, 2.75) is 6.42 Å². The normalized spacial score (nSPS) is 15.5. The van der Waals surface area contributed by atoms with Crippen LogP contribution < -0.4 is 4.74 Å². The van der Waals surface area contributed by atoms with Crippen LogP contribution in [0.15, 0.2) is 72.8 Å². The summed E-state index contributed by atoms with van der Waals surface area (Å²) in [6.45, 7) is 0.180. The summed E-state index contributed by atoms with van der Waals surface area (Å²) in [6, 6.07) is 23.6. The van der Waals surface area contributed by atoms with E-state index in [1.54, 1.807) is 0 Å². The van der Waals surface area contributed by atoms with Crippen LogP contribution in [0.25, 0.3) is 22.3 Å². The molecule has 140 valence electrons. The average molecular weight is 372 g/mol.